The molecule has 0 saturated heterocycles. The van der Waals surface area contributed by atoms with Gasteiger partial charge in [0.05, 0.1) is 18.0 Å². The summed E-state index contributed by atoms with van der Waals surface area (Å²) in [6.45, 7) is 3.93. The number of aromatic nitrogens is 3. The van der Waals surface area contributed by atoms with Crippen LogP contribution in [0.5, 0.6) is 0 Å². The average Bonchev–Trinajstić information content (AvgIpc) is 2.52. The summed E-state index contributed by atoms with van der Waals surface area (Å²) in [7, 11) is 0. The highest BCUT2D eigenvalue weighted by atomic mass is 16.4. The molecule has 0 aromatic carbocycles. The molecule has 1 rings (SSSR count). The summed E-state index contributed by atoms with van der Waals surface area (Å²) in [6.07, 6.45) is 2.63. The van der Waals surface area contributed by atoms with Crippen molar-refractivity contribution in [2.24, 2.45) is 0 Å². The van der Waals surface area contributed by atoms with Crippen LogP contribution in [0.2, 0.25) is 0 Å². The smallest absolute Gasteiger partial charge is 0.282 e. The minimum Gasteiger partial charge on any atom is -0.387 e. The van der Waals surface area contributed by atoms with E-state index in [1.165, 1.54) is 33.2 Å². The SMILES string of the molecule is CC(C)(O)C(C)(O)C(=O)n1ccnn1. The standard InChI is InChI=1S/C8H13N3O3/c1-7(2,13)8(3,14)6(12)11-5-4-9-10-11/h4-5,13-14H,1-3H3. The van der Waals surface area contributed by atoms with Gasteiger partial charge in [-0.3, -0.25) is 4.79 Å². The van der Waals surface area contributed by atoms with E-state index in [0.29, 0.717) is 0 Å². The highest BCUT2D eigenvalue weighted by Gasteiger charge is 2.45. The van der Waals surface area contributed by atoms with E-state index >= 15 is 0 Å². The Labute approximate surface area is 81.2 Å². The maximum atomic E-state index is 11.6. The van der Waals surface area contributed by atoms with Crippen LogP contribution in [-0.2, 0) is 0 Å². The number of hydrogen-bond acceptors (Lipinski definition) is 5. The van der Waals surface area contributed by atoms with Gasteiger partial charge in [-0.25, -0.2) is 0 Å². The fourth-order valence-corrected chi connectivity index (χ4v) is 0.801. The fourth-order valence-electron chi connectivity index (χ4n) is 0.801. The van der Waals surface area contributed by atoms with Crippen molar-refractivity contribution in [1.82, 2.24) is 15.0 Å². The monoisotopic (exact) mass is 199 g/mol. The summed E-state index contributed by atoms with van der Waals surface area (Å²) in [6, 6.07) is 0. The van der Waals surface area contributed by atoms with E-state index in [0.717, 1.165) is 4.68 Å². The van der Waals surface area contributed by atoms with E-state index in [9.17, 15) is 15.0 Å². The third kappa shape index (κ3) is 1.66. The van der Waals surface area contributed by atoms with E-state index in [-0.39, 0.29) is 0 Å². The van der Waals surface area contributed by atoms with Crippen LogP contribution in [0.3, 0.4) is 0 Å². The lowest BCUT2D eigenvalue weighted by Crippen LogP contribution is -2.55. The first kappa shape index (κ1) is 10.8. The van der Waals surface area contributed by atoms with Crippen LogP contribution in [0.25, 0.3) is 0 Å². The van der Waals surface area contributed by atoms with Gasteiger partial charge in [-0.05, 0) is 20.8 Å². The highest BCUT2D eigenvalue weighted by Crippen LogP contribution is 2.22. The van der Waals surface area contributed by atoms with Crippen LogP contribution in [0, 0.1) is 0 Å². The van der Waals surface area contributed by atoms with Gasteiger partial charge < -0.3 is 10.2 Å². The molecule has 1 aromatic heterocycles. The third-order valence-corrected chi connectivity index (χ3v) is 2.24. The zero-order chi connectivity index (χ0) is 11.0. The van der Waals surface area contributed by atoms with Gasteiger partial charge in [0.1, 0.15) is 0 Å². The second-order valence-electron chi connectivity index (χ2n) is 3.78. The Kier molecular flexibility index (Phi) is 2.43. The van der Waals surface area contributed by atoms with Crippen molar-refractivity contribution in [2.75, 3.05) is 0 Å². The number of nitrogens with zero attached hydrogens (tertiary/aromatic N) is 3. The summed E-state index contributed by atoms with van der Waals surface area (Å²) in [5, 5.41) is 26.3. The molecule has 78 valence electrons. The predicted molar refractivity (Wildman–Crippen MR) is 47.6 cm³/mol. The normalized spacial score (nSPS) is 16.4. The zero-order valence-electron chi connectivity index (χ0n) is 8.30. The Balaban J connectivity index is 3.01. The second-order valence-corrected chi connectivity index (χ2v) is 3.78. The van der Waals surface area contributed by atoms with Gasteiger partial charge in [0, 0.05) is 0 Å². The van der Waals surface area contributed by atoms with Crippen LogP contribution < -0.4 is 0 Å². The molecule has 0 radical (unpaired) electrons. The molecule has 1 unspecified atom stereocenters. The molecule has 6 heteroatoms. The number of rotatable bonds is 2. The van der Waals surface area contributed by atoms with E-state index in [4.69, 9.17) is 0 Å². The van der Waals surface area contributed by atoms with Crippen LogP contribution in [-0.4, -0.2) is 42.3 Å². The Morgan fingerprint density at radius 3 is 2.29 bits per heavy atom. The van der Waals surface area contributed by atoms with E-state index in [1.54, 1.807) is 0 Å². The first-order chi connectivity index (χ1) is 6.27. The Bertz CT molecular complexity index is 324. The van der Waals surface area contributed by atoms with Crippen LogP contribution in [0.4, 0.5) is 0 Å². The Morgan fingerprint density at radius 2 is 1.93 bits per heavy atom. The number of carbonyl (C=O) groups excluding carboxylic acids is 1. The molecular weight excluding hydrogens is 186 g/mol. The number of aliphatic hydroxyl groups is 2. The van der Waals surface area contributed by atoms with E-state index in [2.05, 4.69) is 10.3 Å². The topological polar surface area (TPSA) is 88.2 Å². The van der Waals surface area contributed by atoms with Crippen molar-refractivity contribution in [3.63, 3.8) is 0 Å². The lowest BCUT2D eigenvalue weighted by atomic mass is 9.87. The van der Waals surface area contributed by atoms with Gasteiger partial charge >= 0.3 is 0 Å². The molecule has 0 aliphatic carbocycles. The van der Waals surface area contributed by atoms with E-state index in [1.807, 2.05) is 0 Å². The molecule has 0 saturated carbocycles. The molecule has 14 heavy (non-hydrogen) atoms. The molecule has 1 atom stereocenters. The van der Waals surface area contributed by atoms with Gasteiger partial charge in [0.2, 0.25) is 0 Å². The predicted octanol–water partition coefficient (Wildman–Crippen LogP) is -0.560. The fraction of sp³-hybridized carbons (Fsp3) is 0.625. The van der Waals surface area contributed by atoms with Gasteiger partial charge in [0.15, 0.2) is 5.60 Å². The molecule has 0 spiro atoms. The van der Waals surface area contributed by atoms with Crippen molar-refractivity contribution in [3.05, 3.63) is 12.4 Å². The van der Waals surface area contributed by atoms with E-state index < -0.39 is 17.1 Å². The van der Waals surface area contributed by atoms with Gasteiger partial charge in [-0.15, -0.1) is 5.10 Å². The molecule has 2 N–H and O–H groups in total. The maximum absolute atomic E-state index is 11.6. The number of carbonyl (C=O) groups is 1. The Hall–Kier alpha value is -1.27. The molecule has 1 aromatic rings. The zero-order valence-corrected chi connectivity index (χ0v) is 8.30. The Morgan fingerprint density at radius 1 is 1.36 bits per heavy atom. The summed E-state index contributed by atoms with van der Waals surface area (Å²) in [5.41, 5.74) is -3.45. The minimum atomic E-state index is -1.90. The van der Waals surface area contributed by atoms with Gasteiger partial charge in [0.25, 0.3) is 5.91 Å². The molecular formula is C8H13N3O3. The third-order valence-electron chi connectivity index (χ3n) is 2.24. The largest absolute Gasteiger partial charge is 0.387 e. The van der Waals surface area contributed by atoms with Crippen molar-refractivity contribution in [1.29, 1.82) is 0 Å². The first-order valence-corrected chi connectivity index (χ1v) is 4.12. The summed E-state index contributed by atoms with van der Waals surface area (Å²) < 4.78 is 0.887. The lowest BCUT2D eigenvalue weighted by molar-refractivity contribution is -0.0973. The molecule has 0 aliphatic rings. The number of hydrogen-bond donors (Lipinski definition) is 2. The van der Waals surface area contributed by atoms with Gasteiger partial charge in [-0.2, -0.15) is 4.68 Å². The summed E-state index contributed by atoms with van der Waals surface area (Å²) in [5.74, 6) is -0.720. The van der Waals surface area contributed by atoms with Crippen molar-refractivity contribution < 1.29 is 15.0 Å². The highest BCUT2D eigenvalue weighted by molar-refractivity contribution is 5.87. The van der Waals surface area contributed by atoms with Gasteiger partial charge in [-0.1, -0.05) is 5.21 Å². The maximum Gasteiger partial charge on any atom is 0.282 e. The molecule has 0 aliphatic heterocycles. The minimum absolute atomic E-state index is 0.720. The summed E-state index contributed by atoms with van der Waals surface area (Å²) >= 11 is 0. The molecule has 0 bridgehead atoms. The summed E-state index contributed by atoms with van der Waals surface area (Å²) in [4.78, 5) is 11.6. The molecule has 1 heterocycles. The lowest BCUT2D eigenvalue weighted by Gasteiger charge is -2.33. The average molecular weight is 199 g/mol. The first-order valence-electron chi connectivity index (χ1n) is 4.12. The molecule has 0 amide bonds. The van der Waals surface area contributed by atoms with Crippen LogP contribution >= 0.6 is 0 Å². The van der Waals surface area contributed by atoms with Crippen LogP contribution in [0.1, 0.15) is 25.6 Å². The van der Waals surface area contributed by atoms with Crippen molar-refractivity contribution in [3.8, 4) is 0 Å². The van der Waals surface area contributed by atoms with Crippen molar-refractivity contribution in [2.45, 2.75) is 32.0 Å². The quantitative estimate of drug-likeness (QED) is 0.666. The molecule has 6 nitrogen and oxygen atoms in total. The molecule has 0 fully saturated rings. The van der Waals surface area contributed by atoms with Crippen molar-refractivity contribution >= 4 is 5.91 Å². The van der Waals surface area contributed by atoms with Crippen LogP contribution in [0.15, 0.2) is 12.4 Å². The second kappa shape index (κ2) is 3.14.